The molecule has 6 nitrogen and oxygen atoms in total. The molecule has 0 bridgehead atoms. The number of nitrogens with two attached hydrogens (primary N) is 1. The Hall–Kier alpha value is -2.60. The lowest BCUT2D eigenvalue weighted by Gasteiger charge is -2.09. The summed E-state index contributed by atoms with van der Waals surface area (Å²) in [4.78, 5) is 16.1. The van der Waals surface area contributed by atoms with Crippen LogP contribution in [0.25, 0.3) is 0 Å². The van der Waals surface area contributed by atoms with Gasteiger partial charge in [0.1, 0.15) is 11.4 Å². The summed E-state index contributed by atoms with van der Waals surface area (Å²) in [5.74, 6) is 5.77. The van der Waals surface area contributed by atoms with Crippen molar-refractivity contribution in [3.63, 3.8) is 0 Å². The van der Waals surface area contributed by atoms with E-state index in [4.69, 9.17) is 10.6 Å². The summed E-state index contributed by atoms with van der Waals surface area (Å²) in [7, 11) is 1.61. The first-order chi connectivity index (χ1) is 9.63. The fourth-order valence-electron chi connectivity index (χ4n) is 1.80. The predicted molar refractivity (Wildman–Crippen MR) is 77.7 cm³/mol. The molecule has 1 aromatic carbocycles. The smallest absolute Gasteiger partial charge is 0.274 e. The number of hydrazine groups is 1. The van der Waals surface area contributed by atoms with Gasteiger partial charge in [0, 0.05) is 11.9 Å². The van der Waals surface area contributed by atoms with Gasteiger partial charge in [-0.1, -0.05) is 0 Å². The van der Waals surface area contributed by atoms with Gasteiger partial charge in [-0.05, 0) is 42.8 Å². The number of hydrogen-bond acceptors (Lipinski definition) is 5. The summed E-state index contributed by atoms with van der Waals surface area (Å²) in [6.07, 6.45) is 1.52. The minimum Gasteiger partial charge on any atom is -0.496 e. The quantitative estimate of drug-likeness (QED) is 0.584. The summed E-state index contributed by atoms with van der Waals surface area (Å²) in [6, 6.07) is 8.66. The van der Waals surface area contributed by atoms with Crippen LogP contribution in [-0.4, -0.2) is 18.0 Å². The van der Waals surface area contributed by atoms with Crippen LogP contribution in [0.15, 0.2) is 36.5 Å². The third-order valence-corrected chi connectivity index (χ3v) is 2.81. The predicted octanol–water partition coefficient (Wildman–Crippen LogP) is 1.94. The van der Waals surface area contributed by atoms with E-state index < -0.39 is 0 Å². The number of aryl methyl sites for hydroxylation is 1. The molecule has 0 aliphatic rings. The van der Waals surface area contributed by atoms with Gasteiger partial charge in [-0.3, -0.25) is 15.6 Å². The number of nitrogens with zero attached hydrogens (tertiary/aromatic N) is 1. The molecule has 0 atom stereocenters. The van der Waals surface area contributed by atoms with Crippen LogP contribution in [0, 0.1) is 6.92 Å². The minimum absolute atomic E-state index is 0.286. The average Bonchev–Trinajstić information content (AvgIpc) is 2.47. The summed E-state index contributed by atoms with van der Waals surface area (Å²) >= 11 is 0. The molecule has 104 valence electrons. The van der Waals surface area contributed by atoms with Gasteiger partial charge < -0.3 is 15.5 Å². The number of rotatable bonds is 4. The van der Waals surface area contributed by atoms with E-state index in [9.17, 15) is 4.79 Å². The molecule has 0 spiro atoms. The largest absolute Gasteiger partial charge is 0.496 e. The number of pyridine rings is 1. The Kier molecular flexibility index (Phi) is 4.17. The highest BCUT2D eigenvalue weighted by Gasteiger charge is 2.09. The summed E-state index contributed by atoms with van der Waals surface area (Å²) in [6.45, 7) is 1.91. The van der Waals surface area contributed by atoms with E-state index in [2.05, 4.69) is 15.7 Å². The van der Waals surface area contributed by atoms with E-state index >= 15 is 0 Å². The molecule has 0 unspecified atom stereocenters. The number of nitrogen functional groups attached to an aromatic ring is 1. The molecule has 1 heterocycles. The van der Waals surface area contributed by atoms with Crippen molar-refractivity contribution < 1.29 is 9.53 Å². The van der Waals surface area contributed by atoms with Crippen LogP contribution in [-0.2, 0) is 0 Å². The van der Waals surface area contributed by atoms with Crippen LogP contribution < -0.4 is 21.3 Å². The van der Waals surface area contributed by atoms with Crippen LogP contribution in [0.5, 0.6) is 5.75 Å². The van der Waals surface area contributed by atoms with Gasteiger partial charge in [-0.15, -0.1) is 0 Å². The first-order valence-corrected chi connectivity index (χ1v) is 6.02. The number of benzene rings is 1. The van der Waals surface area contributed by atoms with Crippen molar-refractivity contribution in [2.45, 2.75) is 6.92 Å². The molecule has 2 aromatic rings. The highest BCUT2D eigenvalue weighted by Crippen LogP contribution is 2.21. The Balaban J connectivity index is 2.16. The second-order valence-electron chi connectivity index (χ2n) is 4.21. The van der Waals surface area contributed by atoms with Crippen LogP contribution in [0.1, 0.15) is 16.1 Å². The lowest BCUT2D eigenvalue weighted by Crippen LogP contribution is -2.15. The molecule has 2 rings (SSSR count). The molecule has 0 radical (unpaired) electrons. The molecule has 4 N–H and O–H groups in total. The van der Waals surface area contributed by atoms with Gasteiger partial charge in [0.25, 0.3) is 5.91 Å². The van der Waals surface area contributed by atoms with Crippen molar-refractivity contribution in [1.82, 2.24) is 4.98 Å². The number of methoxy groups -OCH3 is 1. The van der Waals surface area contributed by atoms with E-state index in [-0.39, 0.29) is 11.6 Å². The Morgan fingerprint density at radius 3 is 2.70 bits per heavy atom. The van der Waals surface area contributed by atoms with Crippen molar-refractivity contribution >= 4 is 17.3 Å². The van der Waals surface area contributed by atoms with Crippen LogP contribution in [0.2, 0.25) is 0 Å². The van der Waals surface area contributed by atoms with E-state index in [1.807, 2.05) is 13.0 Å². The number of nitrogens with one attached hydrogen (secondary N) is 2. The monoisotopic (exact) mass is 272 g/mol. The first kappa shape index (κ1) is 13.8. The van der Waals surface area contributed by atoms with Gasteiger partial charge in [0.15, 0.2) is 0 Å². The molecular weight excluding hydrogens is 256 g/mol. The number of hydrogen-bond donors (Lipinski definition) is 3. The van der Waals surface area contributed by atoms with E-state index in [1.54, 1.807) is 31.4 Å². The van der Waals surface area contributed by atoms with Gasteiger partial charge in [-0.2, -0.15) is 0 Å². The van der Waals surface area contributed by atoms with Gasteiger partial charge in [-0.25, -0.2) is 0 Å². The second kappa shape index (κ2) is 6.03. The molecule has 6 heteroatoms. The molecule has 1 aromatic heterocycles. The van der Waals surface area contributed by atoms with Crippen LogP contribution in [0.3, 0.4) is 0 Å². The third-order valence-electron chi connectivity index (χ3n) is 2.81. The Labute approximate surface area is 116 Å². The number of anilines is 2. The van der Waals surface area contributed by atoms with Gasteiger partial charge >= 0.3 is 0 Å². The second-order valence-corrected chi connectivity index (χ2v) is 4.21. The topological polar surface area (TPSA) is 89.3 Å². The number of carbonyl (C=O) groups is 1. The molecule has 1 amide bonds. The van der Waals surface area contributed by atoms with Crippen molar-refractivity contribution in [2.75, 3.05) is 17.9 Å². The maximum absolute atomic E-state index is 12.1. The van der Waals surface area contributed by atoms with Gasteiger partial charge in [0.05, 0.1) is 12.8 Å². The molecule has 20 heavy (non-hydrogen) atoms. The first-order valence-electron chi connectivity index (χ1n) is 6.02. The number of amides is 1. The lowest BCUT2D eigenvalue weighted by atomic mass is 10.2. The fourth-order valence-corrected chi connectivity index (χ4v) is 1.80. The number of ether oxygens (including phenoxy) is 1. The molecule has 0 saturated heterocycles. The molecule has 0 aliphatic heterocycles. The van der Waals surface area contributed by atoms with Crippen LogP contribution in [0.4, 0.5) is 11.4 Å². The number of carbonyl (C=O) groups excluding carboxylic acids is 1. The zero-order chi connectivity index (χ0) is 14.5. The number of aromatic nitrogens is 1. The van der Waals surface area contributed by atoms with E-state index in [0.29, 0.717) is 11.4 Å². The highest BCUT2D eigenvalue weighted by atomic mass is 16.5. The molecule has 0 fully saturated rings. The Morgan fingerprint density at radius 1 is 1.25 bits per heavy atom. The standard InChI is InChI=1S/C14H16N4O2/c1-9-7-10(3-4-13(9)20-2)17-14(19)12-8-11(18-15)5-6-16-12/h3-8H,15H2,1-2H3,(H,16,18)(H,17,19). The highest BCUT2D eigenvalue weighted by molar-refractivity contribution is 6.03. The molecular formula is C14H16N4O2. The Morgan fingerprint density at radius 2 is 2.05 bits per heavy atom. The third kappa shape index (κ3) is 3.04. The van der Waals surface area contributed by atoms with E-state index in [1.165, 1.54) is 6.20 Å². The minimum atomic E-state index is -0.299. The Bertz CT molecular complexity index is 628. The zero-order valence-electron chi connectivity index (χ0n) is 11.3. The lowest BCUT2D eigenvalue weighted by molar-refractivity contribution is 0.102. The zero-order valence-corrected chi connectivity index (χ0v) is 11.3. The SMILES string of the molecule is COc1ccc(NC(=O)c2cc(NN)ccn2)cc1C. The normalized spacial score (nSPS) is 9.95. The summed E-state index contributed by atoms with van der Waals surface area (Å²) in [5.41, 5.74) is 5.00. The maximum atomic E-state index is 12.1. The molecule has 0 aliphatic carbocycles. The van der Waals surface area contributed by atoms with Crippen molar-refractivity contribution in [3.8, 4) is 5.75 Å². The van der Waals surface area contributed by atoms with Crippen LogP contribution >= 0.6 is 0 Å². The van der Waals surface area contributed by atoms with Crippen molar-refractivity contribution in [2.24, 2.45) is 5.84 Å². The van der Waals surface area contributed by atoms with Gasteiger partial charge in [0.2, 0.25) is 0 Å². The summed E-state index contributed by atoms with van der Waals surface area (Å²) in [5, 5.41) is 2.78. The fraction of sp³-hybridized carbons (Fsp3) is 0.143. The van der Waals surface area contributed by atoms with E-state index in [0.717, 1.165) is 11.3 Å². The molecule has 0 saturated carbocycles. The van der Waals surface area contributed by atoms with Crippen molar-refractivity contribution in [1.29, 1.82) is 0 Å². The maximum Gasteiger partial charge on any atom is 0.274 e. The van der Waals surface area contributed by atoms with Crippen molar-refractivity contribution in [3.05, 3.63) is 47.8 Å². The summed E-state index contributed by atoms with van der Waals surface area (Å²) < 4.78 is 5.17. The average molecular weight is 272 g/mol.